The lowest BCUT2D eigenvalue weighted by Gasteiger charge is -2.11. The molecule has 0 aliphatic heterocycles. The second-order valence-corrected chi connectivity index (χ2v) is 12.4. The van der Waals surface area contributed by atoms with Crippen molar-refractivity contribution < 1.29 is 9.47 Å². The number of aryl methyl sites for hydroxylation is 2. The van der Waals surface area contributed by atoms with E-state index in [-0.39, 0.29) is 0 Å². The van der Waals surface area contributed by atoms with Crippen LogP contribution in [-0.2, 0) is 0 Å². The van der Waals surface area contributed by atoms with Gasteiger partial charge in [-0.2, -0.15) is 0 Å². The van der Waals surface area contributed by atoms with Crippen LogP contribution >= 0.6 is 0 Å². The minimum Gasteiger partial charge on any atom is -0.439 e. The maximum absolute atomic E-state index is 6.12. The van der Waals surface area contributed by atoms with Crippen molar-refractivity contribution in [3.8, 4) is 45.8 Å². The van der Waals surface area contributed by atoms with Gasteiger partial charge in [-0.25, -0.2) is 19.9 Å². The molecule has 6 heteroatoms. The van der Waals surface area contributed by atoms with Gasteiger partial charge in [0.1, 0.15) is 22.5 Å². The summed E-state index contributed by atoms with van der Waals surface area (Å²) in [6.07, 6.45) is 0. The van der Waals surface area contributed by atoms with E-state index in [0.717, 1.165) is 88.8 Å². The van der Waals surface area contributed by atoms with Gasteiger partial charge in [-0.3, -0.25) is 0 Å². The van der Waals surface area contributed by atoms with Crippen LogP contribution in [0.25, 0.3) is 66.1 Å². The molecule has 9 rings (SSSR count). The van der Waals surface area contributed by atoms with E-state index < -0.39 is 0 Å². The molecule has 0 saturated heterocycles. The SMILES string of the molecule is Cc1cc(Oc2ccccc2)nc2c1ccc1ccc(-c3ccc(-c4ccc5ccc6c(C)cc(Oc7ccccc7)nc6c5n4)cc3)nc12. The van der Waals surface area contributed by atoms with Crippen LogP contribution in [0.5, 0.6) is 23.3 Å². The Labute approximate surface area is 288 Å². The molecule has 50 heavy (non-hydrogen) atoms. The standard InChI is InChI=1S/C44H30N4O2/c1-27-25-39(49-33-9-5-3-6-10-33)47-43-35(27)21-17-31-19-23-37(45-41(31)43)29-13-15-30(16-14-29)38-24-20-32-18-22-36-28(2)26-40(48-44(36)42(32)46-38)50-34-11-7-4-8-12-34/h3-26H,1-2H3. The molecule has 0 saturated carbocycles. The normalized spacial score (nSPS) is 11.4. The van der Waals surface area contributed by atoms with Crippen molar-refractivity contribution in [3.05, 3.63) is 157 Å². The van der Waals surface area contributed by atoms with E-state index in [1.165, 1.54) is 0 Å². The lowest BCUT2D eigenvalue weighted by molar-refractivity contribution is 0.464. The Morgan fingerprint density at radius 1 is 0.380 bits per heavy atom. The van der Waals surface area contributed by atoms with Crippen LogP contribution in [0, 0.1) is 13.8 Å². The highest BCUT2D eigenvalue weighted by atomic mass is 16.5. The number of ether oxygens (including phenoxy) is 2. The van der Waals surface area contributed by atoms with Gasteiger partial charge in [-0.1, -0.05) is 97.1 Å². The molecular weight excluding hydrogens is 617 g/mol. The molecule has 0 unspecified atom stereocenters. The number of hydrogen-bond donors (Lipinski definition) is 0. The van der Waals surface area contributed by atoms with Gasteiger partial charge in [0.05, 0.1) is 22.4 Å². The average Bonchev–Trinajstić information content (AvgIpc) is 3.15. The Hall–Kier alpha value is -6.66. The van der Waals surface area contributed by atoms with Crippen LogP contribution in [0.1, 0.15) is 11.1 Å². The monoisotopic (exact) mass is 646 g/mol. The van der Waals surface area contributed by atoms with Gasteiger partial charge in [0.15, 0.2) is 0 Å². The first kappa shape index (κ1) is 29.5. The van der Waals surface area contributed by atoms with E-state index in [4.69, 9.17) is 29.4 Å². The Kier molecular flexibility index (Phi) is 7.13. The second kappa shape index (κ2) is 12.1. The maximum Gasteiger partial charge on any atom is 0.220 e. The first-order valence-corrected chi connectivity index (χ1v) is 16.5. The van der Waals surface area contributed by atoms with Crippen LogP contribution in [0.2, 0.25) is 0 Å². The van der Waals surface area contributed by atoms with E-state index in [0.29, 0.717) is 11.8 Å². The summed E-state index contributed by atoms with van der Waals surface area (Å²) < 4.78 is 12.2. The molecule has 4 aromatic heterocycles. The molecule has 4 heterocycles. The van der Waals surface area contributed by atoms with Gasteiger partial charge in [0.2, 0.25) is 11.8 Å². The summed E-state index contributed by atoms with van der Waals surface area (Å²) in [4.78, 5) is 20.1. The highest BCUT2D eigenvalue weighted by Crippen LogP contribution is 2.34. The molecule has 5 aromatic carbocycles. The number of hydrogen-bond acceptors (Lipinski definition) is 6. The largest absolute Gasteiger partial charge is 0.439 e. The third-order valence-corrected chi connectivity index (χ3v) is 9.05. The highest BCUT2D eigenvalue weighted by Gasteiger charge is 2.14. The highest BCUT2D eigenvalue weighted by molar-refractivity contribution is 6.06. The zero-order valence-electron chi connectivity index (χ0n) is 27.5. The fourth-order valence-electron chi connectivity index (χ4n) is 6.48. The Morgan fingerprint density at radius 2 is 0.780 bits per heavy atom. The first-order valence-electron chi connectivity index (χ1n) is 16.5. The van der Waals surface area contributed by atoms with Crippen molar-refractivity contribution in [2.24, 2.45) is 0 Å². The Balaban J connectivity index is 1.07. The fraction of sp³-hybridized carbons (Fsp3) is 0.0455. The van der Waals surface area contributed by atoms with Crippen LogP contribution in [-0.4, -0.2) is 19.9 Å². The van der Waals surface area contributed by atoms with Crippen LogP contribution in [0.15, 0.2) is 146 Å². The number of nitrogens with zero attached hydrogens (tertiary/aromatic N) is 4. The van der Waals surface area contributed by atoms with Crippen molar-refractivity contribution in [3.63, 3.8) is 0 Å². The fourth-order valence-corrected chi connectivity index (χ4v) is 6.48. The molecule has 0 aliphatic carbocycles. The summed E-state index contributed by atoms with van der Waals surface area (Å²) in [6.45, 7) is 4.16. The number of pyridine rings is 4. The molecule has 9 aromatic rings. The number of rotatable bonds is 6. The van der Waals surface area contributed by atoms with Gasteiger partial charge in [0.25, 0.3) is 0 Å². The molecule has 0 bridgehead atoms. The topological polar surface area (TPSA) is 70.0 Å². The van der Waals surface area contributed by atoms with E-state index in [2.05, 4.69) is 86.6 Å². The lowest BCUT2D eigenvalue weighted by Crippen LogP contribution is -1.94. The van der Waals surface area contributed by atoms with Crippen molar-refractivity contribution in [1.29, 1.82) is 0 Å². The molecule has 0 N–H and O–H groups in total. The zero-order valence-corrected chi connectivity index (χ0v) is 27.5. The smallest absolute Gasteiger partial charge is 0.220 e. The van der Waals surface area contributed by atoms with Crippen molar-refractivity contribution in [1.82, 2.24) is 19.9 Å². The number of fused-ring (bicyclic) bond motifs is 6. The van der Waals surface area contributed by atoms with Crippen molar-refractivity contribution in [2.45, 2.75) is 13.8 Å². The van der Waals surface area contributed by atoms with Gasteiger partial charge in [-0.05, 0) is 61.4 Å². The predicted octanol–water partition coefficient (Wildman–Crippen LogP) is 11.4. The van der Waals surface area contributed by atoms with Gasteiger partial charge in [-0.15, -0.1) is 0 Å². The summed E-state index contributed by atoms with van der Waals surface area (Å²) in [5.41, 5.74) is 9.24. The molecule has 0 radical (unpaired) electrons. The summed E-state index contributed by atoms with van der Waals surface area (Å²) >= 11 is 0. The summed E-state index contributed by atoms with van der Waals surface area (Å²) in [5.74, 6) is 2.59. The lowest BCUT2D eigenvalue weighted by atomic mass is 10.0. The molecule has 6 nitrogen and oxygen atoms in total. The quantitative estimate of drug-likeness (QED) is 0.167. The third kappa shape index (κ3) is 5.43. The summed E-state index contributed by atoms with van der Waals surface area (Å²) in [5, 5.41) is 4.15. The average molecular weight is 647 g/mol. The van der Waals surface area contributed by atoms with E-state index in [9.17, 15) is 0 Å². The molecule has 0 spiro atoms. The first-order chi connectivity index (χ1) is 24.6. The maximum atomic E-state index is 6.12. The van der Waals surface area contributed by atoms with E-state index in [1.807, 2.05) is 72.8 Å². The molecule has 0 amide bonds. The summed E-state index contributed by atoms with van der Waals surface area (Å²) in [6, 6.07) is 48.5. The Bertz CT molecular complexity index is 2520. The third-order valence-electron chi connectivity index (χ3n) is 9.05. The molecule has 238 valence electrons. The summed E-state index contributed by atoms with van der Waals surface area (Å²) in [7, 11) is 0. The predicted molar refractivity (Wildman–Crippen MR) is 201 cm³/mol. The second-order valence-electron chi connectivity index (χ2n) is 12.4. The molecule has 0 fully saturated rings. The molecule has 0 aliphatic rings. The number of para-hydroxylation sites is 2. The van der Waals surface area contributed by atoms with E-state index in [1.54, 1.807) is 0 Å². The van der Waals surface area contributed by atoms with Gasteiger partial charge >= 0.3 is 0 Å². The molecule has 0 atom stereocenters. The van der Waals surface area contributed by atoms with Crippen LogP contribution < -0.4 is 9.47 Å². The van der Waals surface area contributed by atoms with E-state index >= 15 is 0 Å². The Morgan fingerprint density at radius 3 is 1.20 bits per heavy atom. The van der Waals surface area contributed by atoms with Gasteiger partial charge < -0.3 is 9.47 Å². The molecular formula is C44H30N4O2. The van der Waals surface area contributed by atoms with Crippen LogP contribution in [0.4, 0.5) is 0 Å². The van der Waals surface area contributed by atoms with Crippen molar-refractivity contribution in [2.75, 3.05) is 0 Å². The van der Waals surface area contributed by atoms with Crippen LogP contribution in [0.3, 0.4) is 0 Å². The zero-order chi connectivity index (χ0) is 33.6. The number of benzene rings is 5. The number of aromatic nitrogens is 4. The van der Waals surface area contributed by atoms with Gasteiger partial charge in [0, 0.05) is 44.8 Å². The van der Waals surface area contributed by atoms with Crippen molar-refractivity contribution >= 4 is 43.6 Å². The minimum absolute atomic E-state index is 0.547. The minimum atomic E-state index is 0.547.